The van der Waals surface area contributed by atoms with E-state index in [1.807, 2.05) is 56.3 Å². The Kier molecular flexibility index (Phi) is 5.75. The van der Waals surface area contributed by atoms with Gasteiger partial charge in [-0.15, -0.1) is 0 Å². The maximum atomic E-state index is 12.8. The predicted octanol–water partition coefficient (Wildman–Crippen LogP) is 3.53. The van der Waals surface area contributed by atoms with Gasteiger partial charge in [-0.25, -0.2) is 4.98 Å². The number of rotatable bonds is 6. The highest BCUT2D eigenvalue weighted by Gasteiger charge is 2.33. The van der Waals surface area contributed by atoms with Crippen LogP contribution >= 0.6 is 0 Å². The van der Waals surface area contributed by atoms with E-state index in [-0.39, 0.29) is 17.4 Å². The number of hydrogen-bond acceptors (Lipinski definition) is 5. The molecule has 7 nitrogen and oxygen atoms in total. The first kappa shape index (κ1) is 20.7. The number of nitrogens with one attached hydrogen (secondary N) is 2. The quantitative estimate of drug-likeness (QED) is 0.640. The first-order chi connectivity index (χ1) is 15.0. The lowest BCUT2D eigenvalue weighted by Gasteiger charge is -2.20. The molecule has 1 saturated heterocycles. The standard InChI is InChI=1S/C24H26N4O3/c1-15-7-6-9-20(16(15)2)28-14-18(11-23(28)30)19-12-22(29)27-24(26-19)25-13-17-8-4-5-10-21(17)31-3/h4-10,12,18H,11,13-14H2,1-3H3,(H2,25,26,27,29)/t18-/m0/s1. The predicted molar refractivity (Wildman–Crippen MR) is 121 cm³/mol. The molecule has 1 fully saturated rings. The maximum absolute atomic E-state index is 12.8. The van der Waals surface area contributed by atoms with Gasteiger partial charge in [-0.2, -0.15) is 0 Å². The summed E-state index contributed by atoms with van der Waals surface area (Å²) in [4.78, 5) is 34.2. The van der Waals surface area contributed by atoms with Crippen LogP contribution in [0.4, 0.5) is 11.6 Å². The van der Waals surface area contributed by atoms with Crippen molar-refractivity contribution in [2.75, 3.05) is 23.9 Å². The van der Waals surface area contributed by atoms with Gasteiger partial charge in [0.1, 0.15) is 5.75 Å². The van der Waals surface area contributed by atoms with Gasteiger partial charge in [-0.3, -0.25) is 14.6 Å². The van der Waals surface area contributed by atoms with Gasteiger partial charge in [0.2, 0.25) is 11.9 Å². The number of nitrogens with zero attached hydrogens (tertiary/aromatic N) is 2. The molecule has 0 unspecified atom stereocenters. The van der Waals surface area contributed by atoms with E-state index >= 15 is 0 Å². The van der Waals surface area contributed by atoms with Crippen LogP contribution in [0.15, 0.2) is 53.3 Å². The second-order valence-corrected chi connectivity index (χ2v) is 7.81. The zero-order valence-electron chi connectivity index (χ0n) is 17.9. The van der Waals surface area contributed by atoms with Crippen molar-refractivity contribution in [3.05, 3.63) is 81.3 Å². The fourth-order valence-electron chi connectivity index (χ4n) is 3.96. The van der Waals surface area contributed by atoms with Crippen LogP contribution in [0.1, 0.15) is 34.7 Å². The van der Waals surface area contributed by atoms with Crippen LogP contribution in [0.5, 0.6) is 5.75 Å². The molecule has 0 bridgehead atoms. The largest absolute Gasteiger partial charge is 0.496 e. The van der Waals surface area contributed by atoms with Crippen molar-refractivity contribution in [2.45, 2.75) is 32.7 Å². The molecule has 2 aromatic carbocycles. The zero-order valence-corrected chi connectivity index (χ0v) is 17.9. The van der Waals surface area contributed by atoms with E-state index in [0.29, 0.717) is 31.2 Å². The molecule has 31 heavy (non-hydrogen) atoms. The van der Waals surface area contributed by atoms with Crippen molar-refractivity contribution in [2.24, 2.45) is 0 Å². The Morgan fingerprint density at radius 1 is 1.16 bits per heavy atom. The molecule has 1 aromatic heterocycles. The van der Waals surface area contributed by atoms with E-state index < -0.39 is 0 Å². The van der Waals surface area contributed by atoms with E-state index in [0.717, 1.165) is 28.1 Å². The van der Waals surface area contributed by atoms with Crippen LogP contribution in [0.2, 0.25) is 0 Å². The number of amides is 1. The summed E-state index contributed by atoms with van der Waals surface area (Å²) < 4.78 is 5.37. The van der Waals surface area contributed by atoms with E-state index in [2.05, 4.69) is 15.3 Å². The minimum absolute atomic E-state index is 0.0457. The number of benzene rings is 2. The summed E-state index contributed by atoms with van der Waals surface area (Å²) in [6.45, 7) is 5.02. The highest BCUT2D eigenvalue weighted by atomic mass is 16.5. The smallest absolute Gasteiger partial charge is 0.252 e. The number of para-hydroxylation sites is 1. The molecule has 0 radical (unpaired) electrons. The molecule has 1 amide bonds. The van der Waals surface area contributed by atoms with Gasteiger partial charge in [-0.1, -0.05) is 30.3 Å². The van der Waals surface area contributed by atoms with Gasteiger partial charge in [0.05, 0.1) is 12.8 Å². The summed E-state index contributed by atoms with van der Waals surface area (Å²) in [6, 6.07) is 15.1. The number of anilines is 2. The third kappa shape index (κ3) is 4.30. The van der Waals surface area contributed by atoms with Crippen molar-refractivity contribution in [3.8, 4) is 5.75 Å². The lowest BCUT2D eigenvalue weighted by atomic mass is 10.0. The van der Waals surface area contributed by atoms with Crippen LogP contribution in [0, 0.1) is 13.8 Å². The summed E-state index contributed by atoms with van der Waals surface area (Å²) in [5, 5.41) is 3.17. The van der Waals surface area contributed by atoms with Gasteiger partial charge in [0, 0.05) is 42.7 Å². The molecule has 1 aliphatic heterocycles. The number of aromatic amines is 1. The Morgan fingerprint density at radius 3 is 2.77 bits per heavy atom. The van der Waals surface area contributed by atoms with Crippen molar-refractivity contribution >= 4 is 17.5 Å². The monoisotopic (exact) mass is 418 g/mol. The lowest BCUT2D eigenvalue weighted by molar-refractivity contribution is -0.117. The molecule has 1 aliphatic rings. The zero-order chi connectivity index (χ0) is 22.0. The third-order valence-electron chi connectivity index (χ3n) is 5.81. The summed E-state index contributed by atoms with van der Waals surface area (Å²) in [7, 11) is 1.62. The van der Waals surface area contributed by atoms with E-state index in [1.54, 1.807) is 12.0 Å². The summed E-state index contributed by atoms with van der Waals surface area (Å²) in [6.07, 6.45) is 0.329. The molecule has 0 aliphatic carbocycles. The molecule has 4 rings (SSSR count). The first-order valence-corrected chi connectivity index (χ1v) is 10.3. The number of carbonyl (C=O) groups excluding carboxylic acids is 1. The Morgan fingerprint density at radius 2 is 1.97 bits per heavy atom. The molecule has 0 saturated carbocycles. The number of carbonyl (C=O) groups is 1. The Bertz CT molecular complexity index is 1170. The number of hydrogen-bond donors (Lipinski definition) is 2. The van der Waals surface area contributed by atoms with Crippen molar-refractivity contribution in [3.63, 3.8) is 0 Å². The molecule has 2 N–H and O–H groups in total. The number of ether oxygens (including phenoxy) is 1. The molecule has 3 aromatic rings. The summed E-state index contributed by atoms with van der Waals surface area (Å²) >= 11 is 0. The molecule has 1 atom stereocenters. The second kappa shape index (κ2) is 8.63. The Hall–Kier alpha value is -3.61. The molecule has 2 heterocycles. The van der Waals surface area contributed by atoms with Gasteiger partial charge in [0.25, 0.3) is 5.56 Å². The van der Waals surface area contributed by atoms with Crippen molar-refractivity contribution < 1.29 is 9.53 Å². The van der Waals surface area contributed by atoms with Gasteiger partial charge < -0.3 is 15.0 Å². The van der Waals surface area contributed by atoms with Crippen LogP contribution in [0.3, 0.4) is 0 Å². The Labute approximate surface area is 181 Å². The normalized spacial score (nSPS) is 15.9. The third-order valence-corrected chi connectivity index (χ3v) is 5.81. The SMILES string of the molecule is COc1ccccc1CNc1nc([C@H]2CC(=O)N(c3cccc(C)c3C)C2)cc(=O)[nH]1. The van der Waals surface area contributed by atoms with Gasteiger partial charge in [0.15, 0.2) is 0 Å². The lowest BCUT2D eigenvalue weighted by Crippen LogP contribution is -2.25. The minimum atomic E-state index is -0.245. The van der Waals surface area contributed by atoms with Crippen molar-refractivity contribution in [1.82, 2.24) is 9.97 Å². The van der Waals surface area contributed by atoms with E-state index in [4.69, 9.17) is 4.74 Å². The number of aryl methyl sites for hydroxylation is 1. The van der Waals surface area contributed by atoms with Crippen LogP contribution in [0.25, 0.3) is 0 Å². The van der Waals surface area contributed by atoms with Crippen LogP contribution < -0.4 is 20.5 Å². The number of aromatic nitrogens is 2. The topological polar surface area (TPSA) is 87.3 Å². The first-order valence-electron chi connectivity index (χ1n) is 10.3. The highest BCUT2D eigenvalue weighted by molar-refractivity contribution is 5.97. The van der Waals surface area contributed by atoms with Crippen molar-refractivity contribution in [1.29, 1.82) is 0 Å². The van der Waals surface area contributed by atoms with Gasteiger partial charge in [-0.05, 0) is 37.1 Å². The fraction of sp³-hybridized carbons (Fsp3) is 0.292. The highest BCUT2D eigenvalue weighted by Crippen LogP contribution is 2.33. The van der Waals surface area contributed by atoms with E-state index in [9.17, 15) is 9.59 Å². The fourth-order valence-corrected chi connectivity index (χ4v) is 3.96. The number of methoxy groups -OCH3 is 1. The van der Waals surface area contributed by atoms with Crippen LogP contribution in [-0.2, 0) is 11.3 Å². The molecular weight excluding hydrogens is 392 g/mol. The maximum Gasteiger partial charge on any atom is 0.252 e. The van der Waals surface area contributed by atoms with Gasteiger partial charge >= 0.3 is 0 Å². The molecule has 0 spiro atoms. The average Bonchev–Trinajstić information content (AvgIpc) is 3.15. The Balaban J connectivity index is 1.54. The minimum Gasteiger partial charge on any atom is -0.496 e. The molecular formula is C24H26N4O3. The van der Waals surface area contributed by atoms with E-state index in [1.165, 1.54) is 6.07 Å². The molecule has 160 valence electrons. The molecule has 7 heteroatoms. The number of H-pyrrole nitrogens is 1. The van der Waals surface area contributed by atoms with Crippen LogP contribution in [-0.4, -0.2) is 29.5 Å². The summed E-state index contributed by atoms with van der Waals surface area (Å²) in [5.41, 5.74) is 4.49. The second-order valence-electron chi connectivity index (χ2n) is 7.81. The summed E-state index contributed by atoms with van der Waals surface area (Å²) in [5.74, 6) is 1.05. The average molecular weight is 418 g/mol.